The van der Waals surface area contributed by atoms with Crippen LogP contribution in [0.2, 0.25) is 0 Å². The van der Waals surface area contributed by atoms with E-state index in [1.165, 1.54) is 13.3 Å². The number of rotatable bonds is 6. The number of methoxy groups -OCH3 is 1. The van der Waals surface area contributed by atoms with Gasteiger partial charge in [-0.05, 0) is 37.1 Å². The number of benzene rings is 1. The van der Waals surface area contributed by atoms with E-state index in [9.17, 15) is 14.9 Å². The van der Waals surface area contributed by atoms with Crippen LogP contribution in [0.3, 0.4) is 0 Å². The first kappa shape index (κ1) is 17.4. The van der Waals surface area contributed by atoms with Crippen molar-refractivity contribution in [1.82, 2.24) is 4.98 Å². The predicted octanol–water partition coefficient (Wildman–Crippen LogP) is 3.39. The number of nitrogens with one attached hydrogen (secondary N) is 1. The number of aromatic nitrogens is 1. The van der Waals surface area contributed by atoms with Gasteiger partial charge in [-0.1, -0.05) is 19.1 Å². The van der Waals surface area contributed by atoms with Gasteiger partial charge in [0.2, 0.25) is 5.82 Å². The number of carbonyl (C=O) groups is 1. The zero-order valence-corrected chi connectivity index (χ0v) is 13.8. The molecule has 24 heavy (non-hydrogen) atoms. The van der Waals surface area contributed by atoms with Crippen LogP contribution in [0, 0.1) is 23.0 Å². The number of nitro groups is 1. The second kappa shape index (κ2) is 7.54. The fourth-order valence-corrected chi connectivity index (χ4v) is 2.37. The van der Waals surface area contributed by atoms with Crippen molar-refractivity contribution in [2.45, 2.75) is 20.3 Å². The van der Waals surface area contributed by atoms with Crippen LogP contribution in [0.1, 0.15) is 18.1 Å². The van der Waals surface area contributed by atoms with Crippen molar-refractivity contribution in [1.29, 1.82) is 0 Å². The van der Waals surface area contributed by atoms with E-state index in [-0.39, 0.29) is 23.4 Å². The minimum Gasteiger partial charge on any atom is -0.469 e. The van der Waals surface area contributed by atoms with Crippen LogP contribution in [0.5, 0.6) is 0 Å². The maximum Gasteiger partial charge on any atom is 0.314 e. The lowest BCUT2D eigenvalue weighted by Gasteiger charge is -2.11. The molecule has 1 unspecified atom stereocenters. The molecule has 1 atom stereocenters. The Morgan fingerprint density at radius 1 is 1.33 bits per heavy atom. The van der Waals surface area contributed by atoms with E-state index in [0.717, 1.165) is 5.56 Å². The lowest BCUT2D eigenvalue weighted by atomic mass is 10.0. The van der Waals surface area contributed by atoms with Crippen molar-refractivity contribution < 1.29 is 14.5 Å². The molecule has 1 N–H and O–H groups in total. The number of nitrogens with zero attached hydrogens (tertiary/aromatic N) is 2. The quantitative estimate of drug-likeness (QED) is 0.496. The molecule has 0 saturated carbocycles. The van der Waals surface area contributed by atoms with E-state index in [2.05, 4.69) is 10.3 Å². The third-order valence-corrected chi connectivity index (χ3v) is 3.67. The second-order valence-electron chi connectivity index (χ2n) is 5.53. The second-order valence-corrected chi connectivity index (χ2v) is 5.53. The number of aryl methyl sites for hydroxylation is 1. The minimum atomic E-state index is -0.447. The van der Waals surface area contributed by atoms with Crippen molar-refractivity contribution in [2.24, 2.45) is 5.92 Å². The van der Waals surface area contributed by atoms with E-state index in [4.69, 9.17) is 4.74 Å². The van der Waals surface area contributed by atoms with Gasteiger partial charge in [-0.2, -0.15) is 0 Å². The standard InChI is InChI=1S/C17H19N3O4/c1-11-8-9-18-16(15(11)20(22)23)19-14-6-4-13(5-7-14)10-12(2)17(21)24-3/h4-9,12H,10H2,1-3H3,(H,18,19). The minimum absolute atomic E-state index is 0.0408. The largest absolute Gasteiger partial charge is 0.469 e. The van der Waals surface area contributed by atoms with Crippen molar-refractivity contribution in [3.63, 3.8) is 0 Å². The van der Waals surface area contributed by atoms with Crippen LogP contribution in [0.4, 0.5) is 17.2 Å². The first-order chi connectivity index (χ1) is 11.4. The van der Waals surface area contributed by atoms with E-state index in [1.54, 1.807) is 32.0 Å². The molecule has 7 heteroatoms. The maximum absolute atomic E-state index is 11.5. The SMILES string of the molecule is COC(=O)C(C)Cc1ccc(Nc2nccc(C)c2[N+](=O)[O-])cc1. The molecule has 0 aliphatic heterocycles. The lowest BCUT2D eigenvalue weighted by Crippen LogP contribution is -2.15. The van der Waals surface area contributed by atoms with Crippen LogP contribution < -0.4 is 5.32 Å². The van der Waals surface area contributed by atoms with Crippen molar-refractivity contribution in [2.75, 3.05) is 12.4 Å². The van der Waals surface area contributed by atoms with Gasteiger partial charge in [0, 0.05) is 17.4 Å². The molecule has 0 amide bonds. The molecule has 126 valence electrons. The van der Waals surface area contributed by atoms with Crippen molar-refractivity contribution >= 4 is 23.2 Å². The first-order valence-electron chi connectivity index (χ1n) is 7.46. The van der Waals surface area contributed by atoms with E-state index in [0.29, 0.717) is 17.7 Å². The van der Waals surface area contributed by atoms with Crippen LogP contribution in [-0.4, -0.2) is 23.0 Å². The fourth-order valence-electron chi connectivity index (χ4n) is 2.37. The Bertz CT molecular complexity index is 744. The summed E-state index contributed by atoms with van der Waals surface area (Å²) in [6, 6.07) is 8.92. The highest BCUT2D eigenvalue weighted by Crippen LogP contribution is 2.28. The van der Waals surface area contributed by atoms with E-state index < -0.39 is 4.92 Å². The van der Waals surface area contributed by atoms with Crippen molar-refractivity contribution in [3.8, 4) is 0 Å². The Balaban J connectivity index is 2.14. The number of esters is 1. The number of hydrogen-bond donors (Lipinski definition) is 1. The average Bonchev–Trinajstić information content (AvgIpc) is 2.55. The van der Waals surface area contributed by atoms with Crippen LogP contribution in [-0.2, 0) is 16.0 Å². The summed E-state index contributed by atoms with van der Waals surface area (Å²) >= 11 is 0. The highest BCUT2D eigenvalue weighted by atomic mass is 16.6. The molecule has 0 bridgehead atoms. The molecule has 0 saturated heterocycles. The normalized spacial score (nSPS) is 11.6. The number of pyridine rings is 1. The Labute approximate surface area is 139 Å². The highest BCUT2D eigenvalue weighted by Gasteiger charge is 2.18. The Morgan fingerprint density at radius 3 is 2.58 bits per heavy atom. The zero-order valence-electron chi connectivity index (χ0n) is 13.8. The molecule has 1 heterocycles. The Kier molecular flexibility index (Phi) is 5.47. The number of hydrogen-bond acceptors (Lipinski definition) is 6. The van der Waals surface area contributed by atoms with Gasteiger partial charge >= 0.3 is 11.7 Å². The Hall–Kier alpha value is -2.96. The molecule has 2 rings (SSSR count). The molecular formula is C17H19N3O4. The summed E-state index contributed by atoms with van der Waals surface area (Å²) in [7, 11) is 1.37. The average molecular weight is 329 g/mol. The van der Waals surface area contributed by atoms with Gasteiger partial charge in [0.1, 0.15) is 0 Å². The maximum atomic E-state index is 11.5. The van der Waals surface area contributed by atoms with Gasteiger partial charge in [0.05, 0.1) is 18.0 Å². The molecule has 7 nitrogen and oxygen atoms in total. The van der Waals surface area contributed by atoms with Gasteiger partial charge in [0.25, 0.3) is 0 Å². The highest BCUT2D eigenvalue weighted by molar-refractivity contribution is 5.72. The van der Waals surface area contributed by atoms with Gasteiger partial charge in [-0.15, -0.1) is 0 Å². The van der Waals surface area contributed by atoms with E-state index >= 15 is 0 Å². The molecule has 0 fully saturated rings. The van der Waals surface area contributed by atoms with Gasteiger partial charge in [-0.25, -0.2) is 4.98 Å². The van der Waals surface area contributed by atoms with Crippen LogP contribution in [0.25, 0.3) is 0 Å². The van der Waals surface area contributed by atoms with E-state index in [1.807, 2.05) is 12.1 Å². The summed E-state index contributed by atoms with van der Waals surface area (Å²) in [5.41, 5.74) is 2.16. The summed E-state index contributed by atoms with van der Waals surface area (Å²) in [6.45, 7) is 3.47. The summed E-state index contributed by atoms with van der Waals surface area (Å²) in [5, 5.41) is 14.1. The predicted molar refractivity (Wildman–Crippen MR) is 90.2 cm³/mol. The smallest absolute Gasteiger partial charge is 0.314 e. The van der Waals surface area contributed by atoms with Crippen molar-refractivity contribution in [3.05, 3.63) is 57.8 Å². The third kappa shape index (κ3) is 4.07. The van der Waals surface area contributed by atoms with Gasteiger partial charge in [0.15, 0.2) is 0 Å². The summed E-state index contributed by atoms with van der Waals surface area (Å²) in [5.74, 6) is -0.277. The van der Waals surface area contributed by atoms with Gasteiger partial charge < -0.3 is 10.1 Å². The summed E-state index contributed by atoms with van der Waals surface area (Å²) < 4.78 is 4.71. The Morgan fingerprint density at radius 2 is 2.00 bits per heavy atom. The van der Waals surface area contributed by atoms with Crippen LogP contribution >= 0.6 is 0 Å². The number of ether oxygens (including phenoxy) is 1. The summed E-state index contributed by atoms with van der Waals surface area (Å²) in [4.78, 5) is 26.2. The number of carbonyl (C=O) groups excluding carboxylic acids is 1. The lowest BCUT2D eigenvalue weighted by molar-refractivity contribution is -0.384. The molecule has 1 aromatic heterocycles. The molecule has 2 aromatic rings. The van der Waals surface area contributed by atoms with Crippen LogP contribution in [0.15, 0.2) is 36.5 Å². The molecule has 1 aromatic carbocycles. The number of anilines is 2. The molecule has 0 spiro atoms. The summed E-state index contributed by atoms with van der Waals surface area (Å²) in [6.07, 6.45) is 2.09. The first-order valence-corrected chi connectivity index (χ1v) is 7.46. The molecular weight excluding hydrogens is 310 g/mol. The third-order valence-electron chi connectivity index (χ3n) is 3.67. The fraction of sp³-hybridized carbons (Fsp3) is 0.294. The van der Waals surface area contributed by atoms with Gasteiger partial charge in [-0.3, -0.25) is 14.9 Å². The monoisotopic (exact) mass is 329 g/mol. The topological polar surface area (TPSA) is 94.4 Å². The molecule has 0 aliphatic rings. The molecule has 0 aliphatic carbocycles. The molecule has 0 radical (unpaired) electrons. The zero-order chi connectivity index (χ0) is 17.7.